The van der Waals surface area contributed by atoms with Gasteiger partial charge in [0, 0.05) is 25.8 Å². The van der Waals surface area contributed by atoms with Gasteiger partial charge in [-0.3, -0.25) is 4.84 Å². The molecule has 0 heterocycles. The Morgan fingerprint density at radius 2 is 1.64 bits per heavy atom. The first kappa shape index (κ1) is 19.7. The molecule has 0 aliphatic heterocycles. The van der Waals surface area contributed by atoms with Gasteiger partial charge >= 0.3 is 6.03 Å². The summed E-state index contributed by atoms with van der Waals surface area (Å²) in [4.78, 5) is 19.0. The minimum atomic E-state index is -3.68. The molecule has 1 N–H and O–H groups in total. The van der Waals surface area contributed by atoms with E-state index in [9.17, 15) is 13.2 Å². The average molecular weight is 369 g/mol. The third kappa shape index (κ3) is 4.93. The molecule has 1 aromatic rings. The molecular weight excluding hydrogens is 342 g/mol. The Bertz CT molecular complexity index is 668. The van der Waals surface area contributed by atoms with Gasteiger partial charge in [0.15, 0.2) is 0 Å². The molecule has 0 spiro atoms. The molecule has 0 bridgehead atoms. The third-order valence-corrected chi connectivity index (χ3v) is 6.39. The van der Waals surface area contributed by atoms with Gasteiger partial charge in [-0.15, -0.1) is 0 Å². The minimum Gasteiger partial charge on any atom is -0.325 e. The number of rotatable bonds is 5. The van der Waals surface area contributed by atoms with Crippen molar-refractivity contribution in [2.45, 2.75) is 49.5 Å². The fraction of sp³-hybridized carbons (Fsp3) is 0.588. The van der Waals surface area contributed by atoms with E-state index in [4.69, 9.17) is 4.84 Å². The number of hydroxylamine groups is 1. The number of sulfonamides is 1. The summed E-state index contributed by atoms with van der Waals surface area (Å²) in [6.07, 6.45) is 6.84. The van der Waals surface area contributed by atoms with Crippen LogP contribution in [-0.4, -0.2) is 51.1 Å². The van der Waals surface area contributed by atoms with Gasteiger partial charge in [-0.25, -0.2) is 13.2 Å². The number of carbonyl (C=O) groups excluding carboxylic acids is 1. The molecule has 0 atom stereocenters. The van der Waals surface area contributed by atoms with Gasteiger partial charge in [-0.05, 0) is 37.1 Å². The number of hydrogen-bond donors (Lipinski definition) is 1. The van der Waals surface area contributed by atoms with Crippen molar-refractivity contribution < 1.29 is 18.0 Å². The Morgan fingerprint density at radius 3 is 2.16 bits per heavy atom. The van der Waals surface area contributed by atoms with Gasteiger partial charge in [0.1, 0.15) is 0 Å². The maximum absolute atomic E-state index is 12.4. The van der Waals surface area contributed by atoms with Crippen LogP contribution in [0.5, 0.6) is 0 Å². The number of nitrogens with one attached hydrogen (secondary N) is 1. The van der Waals surface area contributed by atoms with Crippen LogP contribution in [0.15, 0.2) is 29.2 Å². The van der Waals surface area contributed by atoms with Crippen molar-refractivity contribution in [3.05, 3.63) is 24.3 Å². The van der Waals surface area contributed by atoms with Gasteiger partial charge in [0.05, 0.1) is 12.0 Å². The summed E-state index contributed by atoms with van der Waals surface area (Å²) in [5, 5.41) is 2.83. The lowest BCUT2D eigenvalue weighted by atomic mass is 10.1. The van der Waals surface area contributed by atoms with Crippen molar-refractivity contribution in [3.63, 3.8) is 0 Å². The smallest absolute Gasteiger partial charge is 0.321 e. The first-order valence-electron chi connectivity index (χ1n) is 8.53. The van der Waals surface area contributed by atoms with E-state index in [0.717, 1.165) is 30.2 Å². The summed E-state index contributed by atoms with van der Waals surface area (Å²) in [6, 6.07) is 6.15. The van der Waals surface area contributed by atoms with E-state index < -0.39 is 10.0 Å². The van der Waals surface area contributed by atoms with E-state index in [2.05, 4.69) is 5.32 Å². The molecule has 1 aromatic carbocycles. The first-order valence-corrected chi connectivity index (χ1v) is 9.97. The Morgan fingerprint density at radius 1 is 1.08 bits per heavy atom. The van der Waals surface area contributed by atoms with Gasteiger partial charge in [0.2, 0.25) is 0 Å². The summed E-state index contributed by atoms with van der Waals surface area (Å²) in [7, 11) is 0.747. The van der Waals surface area contributed by atoms with Crippen LogP contribution in [0.4, 0.5) is 10.5 Å². The second-order valence-electron chi connectivity index (χ2n) is 6.31. The molecule has 1 aliphatic rings. The summed E-state index contributed by atoms with van der Waals surface area (Å²) < 4.78 is 25.1. The molecule has 1 fully saturated rings. The molecule has 2 rings (SSSR count). The van der Waals surface area contributed by atoms with Crippen LogP contribution in [0.1, 0.15) is 38.5 Å². The van der Waals surface area contributed by atoms with Crippen LogP contribution in [0.3, 0.4) is 0 Å². The number of carbonyl (C=O) groups is 1. The van der Waals surface area contributed by atoms with Crippen LogP contribution < -0.4 is 5.32 Å². The first-order chi connectivity index (χ1) is 11.9. The largest absolute Gasteiger partial charge is 0.325 e. The molecule has 2 amide bonds. The fourth-order valence-corrected chi connectivity index (χ4v) is 3.95. The highest BCUT2D eigenvalue weighted by atomic mass is 32.2. The number of anilines is 1. The van der Waals surface area contributed by atoms with E-state index in [0.29, 0.717) is 5.69 Å². The number of urea groups is 1. The van der Waals surface area contributed by atoms with Gasteiger partial charge < -0.3 is 10.2 Å². The van der Waals surface area contributed by atoms with Gasteiger partial charge in [0.25, 0.3) is 10.0 Å². The molecule has 8 heteroatoms. The Balaban J connectivity index is 2.01. The van der Waals surface area contributed by atoms with Crippen LogP contribution in [0.25, 0.3) is 0 Å². The molecule has 0 aromatic heterocycles. The van der Waals surface area contributed by atoms with Crippen LogP contribution in [-0.2, 0) is 14.9 Å². The topological polar surface area (TPSA) is 79.0 Å². The molecule has 0 radical (unpaired) electrons. The second kappa shape index (κ2) is 8.64. The highest BCUT2D eigenvalue weighted by Crippen LogP contribution is 2.22. The SMILES string of the molecule is CON(C)S(=O)(=O)c1ccc(NC(=O)N(C)C2CCCCCC2)cc1. The molecule has 0 saturated heterocycles. The van der Waals surface area contributed by atoms with E-state index in [1.807, 2.05) is 7.05 Å². The zero-order valence-corrected chi connectivity index (χ0v) is 15.9. The lowest BCUT2D eigenvalue weighted by Gasteiger charge is -2.27. The lowest BCUT2D eigenvalue weighted by molar-refractivity contribution is -0.0258. The number of nitrogens with zero attached hydrogens (tertiary/aromatic N) is 2. The van der Waals surface area contributed by atoms with Crippen LogP contribution in [0.2, 0.25) is 0 Å². The van der Waals surface area contributed by atoms with Crippen molar-refractivity contribution >= 4 is 21.7 Å². The van der Waals surface area contributed by atoms with E-state index in [1.165, 1.54) is 39.1 Å². The van der Waals surface area contributed by atoms with E-state index in [-0.39, 0.29) is 17.0 Å². The maximum Gasteiger partial charge on any atom is 0.321 e. The van der Waals surface area contributed by atoms with Gasteiger partial charge in [-0.1, -0.05) is 30.2 Å². The van der Waals surface area contributed by atoms with E-state index in [1.54, 1.807) is 17.0 Å². The van der Waals surface area contributed by atoms with Crippen LogP contribution in [0, 0.1) is 0 Å². The van der Waals surface area contributed by atoms with Crippen molar-refractivity contribution in [2.24, 2.45) is 0 Å². The van der Waals surface area contributed by atoms with Crippen molar-refractivity contribution in [1.29, 1.82) is 0 Å². The Kier molecular flexibility index (Phi) is 6.80. The van der Waals surface area contributed by atoms with Crippen molar-refractivity contribution in [2.75, 3.05) is 26.5 Å². The molecule has 0 unspecified atom stereocenters. The summed E-state index contributed by atoms with van der Waals surface area (Å²) in [6.45, 7) is 0. The monoisotopic (exact) mass is 369 g/mol. The lowest BCUT2D eigenvalue weighted by Crippen LogP contribution is -2.39. The molecule has 1 aliphatic carbocycles. The predicted octanol–water partition coefficient (Wildman–Crippen LogP) is 3.06. The van der Waals surface area contributed by atoms with Crippen molar-refractivity contribution in [3.8, 4) is 0 Å². The predicted molar refractivity (Wildman–Crippen MR) is 96.7 cm³/mol. The van der Waals surface area contributed by atoms with Gasteiger partial charge in [-0.2, -0.15) is 0 Å². The van der Waals surface area contributed by atoms with E-state index >= 15 is 0 Å². The zero-order chi connectivity index (χ0) is 18.4. The maximum atomic E-state index is 12.4. The number of benzene rings is 1. The molecule has 1 saturated carbocycles. The molecule has 25 heavy (non-hydrogen) atoms. The molecule has 140 valence electrons. The highest BCUT2D eigenvalue weighted by molar-refractivity contribution is 7.89. The summed E-state index contributed by atoms with van der Waals surface area (Å²) >= 11 is 0. The quantitative estimate of drug-likeness (QED) is 0.639. The fourth-order valence-electron chi connectivity index (χ4n) is 2.98. The second-order valence-corrected chi connectivity index (χ2v) is 8.24. The molecular formula is C17H27N3O4S. The number of amides is 2. The molecule has 7 nitrogen and oxygen atoms in total. The Hall–Kier alpha value is -1.64. The normalized spacial score (nSPS) is 16.5. The van der Waals surface area contributed by atoms with Crippen molar-refractivity contribution in [1.82, 2.24) is 9.37 Å². The minimum absolute atomic E-state index is 0.104. The Labute approximate surface area is 149 Å². The third-order valence-electron chi connectivity index (χ3n) is 4.69. The average Bonchev–Trinajstić information content (AvgIpc) is 2.90. The highest BCUT2D eigenvalue weighted by Gasteiger charge is 2.22. The zero-order valence-electron chi connectivity index (χ0n) is 15.1. The number of hydrogen-bond acceptors (Lipinski definition) is 4. The summed E-state index contributed by atoms with van der Waals surface area (Å²) in [5.74, 6) is 0. The van der Waals surface area contributed by atoms with Crippen LogP contribution >= 0.6 is 0 Å². The standard InChI is InChI=1S/C17H27N3O4S/c1-19(15-8-6-4-5-7-9-15)17(21)18-14-10-12-16(13-11-14)25(22,23)20(2)24-3/h10-13,15H,4-9H2,1-3H3,(H,18,21). The summed E-state index contributed by atoms with van der Waals surface area (Å²) in [5.41, 5.74) is 0.560.